The highest BCUT2D eigenvalue weighted by atomic mass is 19.1. The van der Waals surface area contributed by atoms with Crippen molar-refractivity contribution in [1.82, 2.24) is 20.2 Å². The van der Waals surface area contributed by atoms with Crippen molar-refractivity contribution in [2.75, 3.05) is 6.54 Å². The van der Waals surface area contributed by atoms with E-state index >= 15 is 0 Å². The molecule has 6 nitrogen and oxygen atoms in total. The first-order valence-electron chi connectivity index (χ1n) is 8.44. The van der Waals surface area contributed by atoms with E-state index in [1.807, 2.05) is 42.0 Å². The molecule has 3 rings (SSSR count). The fourth-order valence-corrected chi connectivity index (χ4v) is 2.59. The van der Waals surface area contributed by atoms with Crippen LogP contribution < -0.4 is 10.6 Å². The summed E-state index contributed by atoms with van der Waals surface area (Å²) in [6, 6.07) is 12.7. The zero-order valence-electron chi connectivity index (χ0n) is 14.7. The number of carbonyl (C=O) groups is 2. The van der Waals surface area contributed by atoms with Crippen LogP contribution in [0.25, 0.3) is 5.69 Å². The first-order chi connectivity index (χ1) is 13.0. The van der Waals surface area contributed by atoms with Crippen LogP contribution in [0.15, 0.2) is 67.3 Å². The highest BCUT2D eigenvalue weighted by Crippen LogP contribution is 2.15. The molecule has 0 radical (unpaired) electrons. The molecule has 1 aromatic heterocycles. The second-order valence-corrected chi connectivity index (χ2v) is 6.04. The number of benzene rings is 2. The van der Waals surface area contributed by atoms with Crippen LogP contribution in [0.5, 0.6) is 0 Å². The monoisotopic (exact) mass is 366 g/mol. The molecule has 0 saturated carbocycles. The Hall–Kier alpha value is -3.48. The molecule has 0 fully saturated rings. The number of amides is 2. The first-order valence-corrected chi connectivity index (χ1v) is 8.44. The minimum Gasteiger partial charge on any atom is -0.348 e. The summed E-state index contributed by atoms with van der Waals surface area (Å²) in [4.78, 5) is 28.0. The molecule has 0 unspecified atom stereocenters. The van der Waals surface area contributed by atoms with Gasteiger partial charge in [-0.2, -0.15) is 0 Å². The molecule has 0 aliphatic rings. The lowest BCUT2D eigenvalue weighted by Gasteiger charge is -2.15. The van der Waals surface area contributed by atoms with E-state index in [-0.39, 0.29) is 18.5 Å². The minimum absolute atomic E-state index is 0.159. The topological polar surface area (TPSA) is 76.0 Å². The largest absolute Gasteiger partial charge is 0.348 e. The van der Waals surface area contributed by atoms with E-state index in [0.29, 0.717) is 5.56 Å². The van der Waals surface area contributed by atoms with Crippen LogP contribution in [0.3, 0.4) is 0 Å². The summed E-state index contributed by atoms with van der Waals surface area (Å²) in [5, 5.41) is 5.35. The first kappa shape index (κ1) is 18.3. The summed E-state index contributed by atoms with van der Waals surface area (Å²) in [6.07, 6.45) is 5.27. The summed E-state index contributed by atoms with van der Waals surface area (Å²) in [5.41, 5.74) is 2.21. The Morgan fingerprint density at radius 1 is 1.11 bits per heavy atom. The number of nitrogens with zero attached hydrogens (tertiary/aromatic N) is 2. The molecule has 2 N–H and O–H groups in total. The van der Waals surface area contributed by atoms with Gasteiger partial charge in [0.15, 0.2) is 0 Å². The second kappa shape index (κ2) is 8.27. The molecule has 3 aromatic rings. The van der Waals surface area contributed by atoms with Crippen LogP contribution >= 0.6 is 0 Å². The lowest BCUT2D eigenvalue weighted by molar-refractivity contribution is -0.120. The van der Waals surface area contributed by atoms with Gasteiger partial charge in [0.1, 0.15) is 5.82 Å². The third-order valence-electron chi connectivity index (χ3n) is 4.09. The van der Waals surface area contributed by atoms with E-state index in [1.54, 1.807) is 12.5 Å². The van der Waals surface area contributed by atoms with Crippen LogP contribution in [0.4, 0.5) is 4.39 Å². The van der Waals surface area contributed by atoms with Crippen molar-refractivity contribution >= 4 is 11.8 Å². The molecule has 0 aliphatic heterocycles. The molecular weight excluding hydrogens is 347 g/mol. The molecule has 138 valence electrons. The maximum atomic E-state index is 12.9. The Morgan fingerprint density at radius 2 is 1.81 bits per heavy atom. The van der Waals surface area contributed by atoms with Crippen molar-refractivity contribution in [3.8, 4) is 5.69 Å². The molecule has 0 aliphatic carbocycles. The predicted molar refractivity (Wildman–Crippen MR) is 98.9 cm³/mol. The average molecular weight is 366 g/mol. The standard InChI is InChI=1S/C20H19FN4O2/c1-14(15-4-8-18(9-5-15)25-11-10-22-13-25)24-19(26)12-23-20(27)16-2-6-17(21)7-3-16/h2-11,13-14H,12H2,1H3,(H,23,27)(H,24,26)/t14-/m1/s1. The van der Waals surface area contributed by atoms with Gasteiger partial charge in [-0.3, -0.25) is 9.59 Å². The molecule has 7 heteroatoms. The van der Waals surface area contributed by atoms with Gasteiger partial charge in [0.25, 0.3) is 5.91 Å². The smallest absolute Gasteiger partial charge is 0.251 e. The van der Waals surface area contributed by atoms with Crippen molar-refractivity contribution < 1.29 is 14.0 Å². The summed E-state index contributed by atoms with van der Waals surface area (Å²) < 4.78 is 14.8. The Bertz CT molecular complexity index is 906. The maximum Gasteiger partial charge on any atom is 0.251 e. The summed E-state index contributed by atoms with van der Waals surface area (Å²) in [7, 11) is 0. The van der Waals surface area contributed by atoms with Gasteiger partial charge in [-0.05, 0) is 48.9 Å². The van der Waals surface area contributed by atoms with Crippen molar-refractivity contribution in [3.63, 3.8) is 0 Å². The zero-order valence-corrected chi connectivity index (χ0v) is 14.7. The van der Waals surface area contributed by atoms with Crippen molar-refractivity contribution in [2.45, 2.75) is 13.0 Å². The van der Waals surface area contributed by atoms with Crippen LogP contribution in [0.1, 0.15) is 28.9 Å². The van der Waals surface area contributed by atoms with Crippen LogP contribution in [0.2, 0.25) is 0 Å². The Kier molecular flexibility index (Phi) is 5.61. The molecular formula is C20H19FN4O2. The van der Waals surface area contributed by atoms with Gasteiger partial charge in [0.2, 0.25) is 5.91 Å². The number of imidazole rings is 1. The number of carbonyl (C=O) groups excluding carboxylic acids is 2. The number of halogens is 1. The number of hydrogen-bond acceptors (Lipinski definition) is 3. The molecule has 1 atom stereocenters. The van der Waals surface area contributed by atoms with Gasteiger partial charge in [0.05, 0.1) is 18.9 Å². The minimum atomic E-state index is -0.428. The van der Waals surface area contributed by atoms with E-state index in [1.165, 1.54) is 24.3 Å². The van der Waals surface area contributed by atoms with Crippen LogP contribution in [-0.4, -0.2) is 27.9 Å². The Balaban J connectivity index is 1.51. The maximum absolute atomic E-state index is 12.9. The predicted octanol–water partition coefficient (Wildman–Crippen LogP) is 2.62. The normalized spacial score (nSPS) is 11.6. The third kappa shape index (κ3) is 4.78. The lowest BCUT2D eigenvalue weighted by Crippen LogP contribution is -2.38. The summed E-state index contributed by atoms with van der Waals surface area (Å²) in [5.74, 6) is -1.16. The van der Waals surface area contributed by atoms with Crippen molar-refractivity contribution in [2.24, 2.45) is 0 Å². The van der Waals surface area contributed by atoms with E-state index in [0.717, 1.165) is 11.3 Å². The van der Waals surface area contributed by atoms with Crippen molar-refractivity contribution in [1.29, 1.82) is 0 Å². The van der Waals surface area contributed by atoms with Gasteiger partial charge in [0, 0.05) is 23.6 Å². The lowest BCUT2D eigenvalue weighted by atomic mass is 10.1. The molecule has 1 heterocycles. The Morgan fingerprint density at radius 3 is 2.44 bits per heavy atom. The van der Waals surface area contributed by atoms with Crippen LogP contribution in [-0.2, 0) is 4.79 Å². The Labute approximate surface area is 156 Å². The fourth-order valence-electron chi connectivity index (χ4n) is 2.59. The fraction of sp³-hybridized carbons (Fsp3) is 0.150. The molecule has 27 heavy (non-hydrogen) atoms. The van der Waals surface area contributed by atoms with Gasteiger partial charge < -0.3 is 15.2 Å². The third-order valence-corrected chi connectivity index (χ3v) is 4.09. The van der Waals surface area contributed by atoms with E-state index in [2.05, 4.69) is 15.6 Å². The van der Waals surface area contributed by atoms with Crippen LogP contribution in [0, 0.1) is 5.82 Å². The number of rotatable bonds is 6. The van der Waals surface area contributed by atoms with E-state index in [4.69, 9.17) is 0 Å². The number of nitrogens with one attached hydrogen (secondary N) is 2. The molecule has 0 bridgehead atoms. The zero-order chi connectivity index (χ0) is 19.2. The highest BCUT2D eigenvalue weighted by molar-refractivity contribution is 5.96. The average Bonchev–Trinajstić information content (AvgIpc) is 3.21. The van der Waals surface area contributed by atoms with Gasteiger partial charge in [-0.1, -0.05) is 12.1 Å². The summed E-state index contributed by atoms with van der Waals surface area (Å²) >= 11 is 0. The quantitative estimate of drug-likeness (QED) is 0.704. The van der Waals surface area contributed by atoms with Crippen molar-refractivity contribution in [3.05, 3.63) is 84.2 Å². The molecule has 2 aromatic carbocycles. The summed E-state index contributed by atoms with van der Waals surface area (Å²) in [6.45, 7) is 1.71. The van der Waals surface area contributed by atoms with E-state index in [9.17, 15) is 14.0 Å². The van der Waals surface area contributed by atoms with Gasteiger partial charge in [-0.25, -0.2) is 9.37 Å². The SMILES string of the molecule is C[C@@H](NC(=O)CNC(=O)c1ccc(F)cc1)c1ccc(-n2ccnc2)cc1. The number of hydrogen-bond donors (Lipinski definition) is 2. The number of aromatic nitrogens is 2. The van der Waals surface area contributed by atoms with Gasteiger partial charge in [-0.15, -0.1) is 0 Å². The van der Waals surface area contributed by atoms with E-state index < -0.39 is 11.7 Å². The molecule has 2 amide bonds. The van der Waals surface area contributed by atoms with Gasteiger partial charge >= 0.3 is 0 Å². The molecule has 0 saturated heterocycles. The second-order valence-electron chi connectivity index (χ2n) is 6.04. The molecule has 0 spiro atoms. The highest BCUT2D eigenvalue weighted by Gasteiger charge is 2.12.